The van der Waals surface area contributed by atoms with Crippen LogP contribution in [0.15, 0.2) is 24.3 Å². The van der Waals surface area contributed by atoms with Gasteiger partial charge in [-0.25, -0.2) is 0 Å². The van der Waals surface area contributed by atoms with Crippen LogP contribution in [0.2, 0.25) is 0 Å². The first-order chi connectivity index (χ1) is 8.36. The molecule has 94 valence electrons. The van der Waals surface area contributed by atoms with E-state index in [2.05, 4.69) is 11.5 Å². The van der Waals surface area contributed by atoms with Crippen LogP contribution in [-0.4, -0.2) is 20.3 Å². The third kappa shape index (κ3) is 2.77. The second kappa shape index (κ2) is 6.00. The predicted octanol–water partition coefficient (Wildman–Crippen LogP) is 1.63. The number of nitrogens with one attached hydrogen (secondary N) is 1. The summed E-state index contributed by atoms with van der Waals surface area (Å²) in [5.74, 6) is 7.11. The van der Waals surface area contributed by atoms with Crippen LogP contribution in [0.4, 0.5) is 0 Å². The molecule has 3 N–H and O–H groups in total. The average Bonchev–Trinajstić information content (AvgIpc) is 2.41. The van der Waals surface area contributed by atoms with Crippen LogP contribution >= 0.6 is 0 Å². The van der Waals surface area contributed by atoms with Crippen molar-refractivity contribution in [2.75, 3.05) is 20.3 Å². The molecule has 0 spiro atoms. The lowest BCUT2D eigenvalue weighted by Crippen LogP contribution is -2.36. The SMILES string of the molecule is COc1ccccc1C(NN)C1CCOCC1. The molecule has 1 unspecified atom stereocenters. The normalized spacial score (nSPS) is 18.9. The van der Waals surface area contributed by atoms with E-state index in [1.165, 1.54) is 0 Å². The van der Waals surface area contributed by atoms with E-state index in [1.54, 1.807) is 7.11 Å². The van der Waals surface area contributed by atoms with E-state index in [4.69, 9.17) is 15.3 Å². The van der Waals surface area contributed by atoms with E-state index in [-0.39, 0.29) is 6.04 Å². The Kier molecular flexibility index (Phi) is 4.36. The fourth-order valence-electron chi connectivity index (χ4n) is 2.45. The van der Waals surface area contributed by atoms with Crippen molar-refractivity contribution >= 4 is 0 Å². The molecule has 1 fully saturated rings. The van der Waals surface area contributed by atoms with Crippen molar-refractivity contribution in [3.8, 4) is 5.75 Å². The van der Waals surface area contributed by atoms with Gasteiger partial charge in [0.1, 0.15) is 5.75 Å². The standard InChI is InChI=1S/C13H20N2O2/c1-16-12-5-3-2-4-11(12)13(15-14)10-6-8-17-9-7-10/h2-5,10,13,15H,6-9,14H2,1H3. The maximum Gasteiger partial charge on any atom is 0.123 e. The highest BCUT2D eigenvalue weighted by Gasteiger charge is 2.26. The van der Waals surface area contributed by atoms with E-state index in [0.29, 0.717) is 5.92 Å². The van der Waals surface area contributed by atoms with Crippen molar-refractivity contribution in [1.82, 2.24) is 5.43 Å². The Hall–Kier alpha value is -1.10. The molecule has 0 amide bonds. The van der Waals surface area contributed by atoms with Crippen molar-refractivity contribution in [3.05, 3.63) is 29.8 Å². The topological polar surface area (TPSA) is 56.5 Å². The first-order valence-electron chi connectivity index (χ1n) is 6.03. The number of nitrogens with two attached hydrogens (primary N) is 1. The lowest BCUT2D eigenvalue weighted by atomic mass is 9.87. The van der Waals surface area contributed by atoms with Gasteiger partial charge < -0.3 is 9.47 Å². The van der Waals surface area contributed by atoms with Gasteiger partial charge in [-0.2, -0.15) is 0 Å². The molecule has 0 radical (unpaired) electrons. The second-order valence-corrected chi connectivity index (χ2v) is 4.34. The average molecular weight is 236 g/mol. The van der Waals surface area contributed by atoms with Crippen LogP contribution in [0.25, 0.3) is 0 Å². The summed E-state index contributed by atoms with van der Waals surface area (Å²) in [6, 6.07) is 8.16. The van der Waals surface area contributed by atoms with Crippen molar-refractivity contribution < 1.29 is 9.47 Å². The number of hydrogen-bond acceptors (Lipinski definition) is 4. The predicted molar refractivity (Wildman–Crippen MR) is 66.6 cm³/mol. The zero-order valence-corrected chi connectivity index (χ0v) is 10.2. The Morgan fingerprint density at radius 2 is 2.06 bits per heavy atom. The molecule has 1 aliphatic heterocycles. The van der Waals surface area contributed by atoms with Crippen molar-refractivity contribution in [1.29, 1.82) is 0 Å². The lowest BCUT2D eigenvalue weighted by molar-refractivity contribution is 0.0533. The Morgan fingerprint density at radius 1 is 1.35 bits per heavy atom. The van der Waals surface area contributed by atoms with E-state index in [9.17, 15) is 0 Å². The smallest absolute Gasteiger partial charge is 0.123 e. The number of hydrogen-bond donors (Lipinski definition) is 2. The number of para-hydroxylation sites is 1. The molecule has 0 aromatic heterocycles. The third-order valence-electron chi connectivity index (χ3n) is 3.39. The Bertz CT molecular complexity index is 351. The molecule has 1 heterocycles. The number of ether oxygens (including phenoxy) is 2. The van der Waals surface area contributed by atoms with Gasteiger partial charge in [-0.3, -0.25) is 11.3 Å². The lowest BCUT2D eigenvalue weighted by Gasteiger charge is -2.30. The monoisotopic (exact) mass is 236 g/mol. The van der Waals surface area contributed by atoms with E-state index in [0.717, 1.165) is 37.4 Å². The Labute approximate surface area is 102 Å². The highest BCUT2D eigenvalue weighted by atomic mass is 16.5. The molecule has 0 aliphatic carbocycles. The first-order valence-corrected chi connectivity index (χ1v) is 6.03. The van der Waals surface area contributed by atoms with Crippen LogP contribution in [0.1, 0.15) is 24.4 Å². The Balaban J connectivity index is 2.21. The highest BCUT2D eigenvalue weighted by Crippen LogP contribution is 2.34. The van der Waals surface area contributed by atoms with E-state index >= 15 is 0 Å². The fraction of sp³-hybridized carbons (Fsp3) is 0.538. The first kappa shape index (κ1) is 12.4. The van der Waals surface area contributed by atoms with Crippen LogP contribution in [0, 0.1) is 5.92 Å². The molecule has 1 saturated heterocycles. The maximum absolute atomic E-state index is 5.71. The number of rotatable bonds is 4. The summed E-state index contributed by atoms with van der Waals surface area (Å²) in [5, 5.41) is 0. The molecule has 1 aromatic rings. The van der Waals surface area contributed by atoms with Gasteiger partial charge in [0.15, 0.2) is 0 Å². The van der Waals surface area contributed by atoms with Gasteiger partial charge in [-0.15, -0.1) is 0 Å². The molecule has 1 aromatic carbocycles. The maximum atomic E-state index is 5.71. The summed E-state index contributed by atoms with van der Waals surface area (Å²) >= 11 is 0. The highest BCUT2D eigenvalue weighted by molar-refractivity contribution is 5.36. The molecule has 4 heteroatoms. The molecular weight excluding hydrogens is 216 g/mol. The van der Waals surface area contributed by atoms with Crippen molar-refractivity contribution in [2.24, 2.45) is 11.8 Å². The Morgan fingerprint density at radius 3 is 2.71 bits per heavy atom. The molecule has 1 atom stereocenters. The van der Waals surface area contributed by atoms with E-state index < -0.39 is 0 Å². The van der Waals surface area contributed by atoms with E-state index in [1.807, 2.05) is 18.2 Å². The minimum absolute atomic E-state index is 0.134. The number of methoxy groups -OCH3 is 1. The third-order valence-corrected chi connectivity index (χ3v) is 3.39. The number of benzene rings is 1. The van der Waals surface area contributed by atoms with Gasteiger partial charge in [0.2, 0.25) is 0 Å². The quantitative estimate of drug-likeness (QED) is 0.616. The summed E-state index contributed by atoms with van der Waals surface area (Å²) in [6.45, 7) is 1.63. The van der Waals surface area contributed by atoms with Gasteiger partial charge in [-0.1, -0.05) is 18.2 Å². The molecule has 0 bridgehead atoms. The van der Waals surface area contributed by atoms with Crippen molar-refractivity contribution in [3.63, 3.8) is 0 Å². The van der Waals surface area contributed by atoms with Gasteiger partial charge in [0.25, 0.3) is 0 Å². The summed E-state index contributed by atoms with van der Waals surface area (Å²) in [6.07, 6.45) is 2.07. The van der Waals surface area contributed by atoms with Gasteiger partial charge in [0, 0.05) is 18.8 Å². The molecule has 0 saturated carbocycles. The largest absolute Gasteiger partial charge is 0.496 e. The summed E-state index contributed by atoms with van der Waals surface area (Å²) in [4.78, 5) is 0. The molecule has 17 heavy (non-hydrogen) atoms. The van der Waals surface area contributed by atoms with Gasteiger partial charge in [-0.05, 0) is 24.8 Å². The fourth-order valence-corrected chi connectivity index (χ4v) is 2.45. The van der Waals surface area contributed by atoms with Crippen molar-refractivity contribution in [2.45, 2.75) is 18.9 Å². The molecule has 2 rings (SSSR count). The minimum Gasteiger partial charge on any atom is -0.496 e. The zero-order valence-electron chi connectivity index (χ0n) is 10.2. The summed E-state index contributed by atoms with van der Waals surface area (Å²) < 4.78 is 10.8. The van der Waals surface area contributed by atoms with Crippen LogP contribution < -0.4 is 16.0 Å². The molecule has 4 nitrogen and oxygen atoms in total. The van der Waals surface area contributed by atoms with Gasteiger partial charge in [0.05, 0.1) is 13.2 Å². The summed E-state index contributed by atoms with van der Waals surface area (Å²) in [7, 11) is 1.69. The number of hydrazine groups is 1. The van der Waals surface area contributed by atoms with Crippen LogP contribution in [0.3, 0.4) is 0 Å². The zero-order chi connectivity index (χ0) is 12.1. The second-order valence-electron chi connectivity index (χ2n) is 4.34. The van der Waals surface area contributed by atoms with Gasteiger partial charge >= 0.3 is 0 Å². The van der Waals surface area contributed by atoms with Crippen LogP contribution in [-0.2, 0) is 4.74 Å². The summed E-state index contributed by atoms with van der Waals surface area (Å²) in [5.41, 5.74) is 4.06. The van der Waals surface area contributed by atoms with Crippen LogP contribution in [0.5, 0.6) is 5.75 Å². The minimum atomic E-state index is 0.134. The molecular formula is C13H20N2O2. The molecule has 1 aliphatic rings.